The van der Waals surface area contributed by atoms with Crippen molar-refractivity contribution in [1.82, 2.24) is 10.2 Å². The number of carbonyl (C=O) groups excluding carboxylic acids is 2. The summed E-state index contributed by atoms with van der Waals surface area (Å²) in [6, 6.07) is 4.94. The largest absolute Gasteiger partial charge is 0.459 e. The number of rotatable bonds is 16. The van der Waals surface area contributed by atoms with Gasteiger partial charge in [-0.3, -0.25) is 4.79 Å². The van der Waals surface area contributed by atoms with Gasteiger partial charge >= 0.3 is 6.09 Å². The lowest BCUT2D eigenvalue weighted by molar-refractivity contribution is -0.255. The van der Waals surface area contributed by atoms with E-state index < -0.39 is 17.9 Å². The molecule has 2 amide bonds. The zero-order chi connectivity index (χ0) is 33.6. The number of nitrogens with zero attached hydrogens (tertiary/aromatic N) is 2. The Bertz CT molecular complexity index is 1340. The fourth-order valence-electron chi connectivity index (χ4n) is 7.96. The van der Waals surface area contributed by atoms with Crippen LogP contribution in [-0.2, 0) is 14.4 Å². The number of likely N-dealkylation sites (N-methyl/N-ethyl adjacent to an activating group) is 1. The number of hydrogen-bond acceptors (Lipinski definition) is 9. The molecule has 2 saturated carbocycles. The topological polar surface area (TPSA) is 139 Å². The van der Waals surface area contributed by atoms with Crippen molar-refractivity contribution in [2.24, 2.45) is 28.8 Å². The lowest BCUT2D eigenvalue weighted by atomic mass is 9.55. The highest BCUT2D eigenvalue weighted by Gasteiger charge is 2.65. The lowest BCUT2D eigenvalue weighted by Gasteiger charge is -2.59. The molecule has 11 nitrogen and oxygen atoms in total. The fraction of sp³-hybridized carbons (Fsp3) is 0.639. The molecule has 0 spiro atoms. The Kier molecular flexibility index (Phi) is 11.6. The van der Waals surface area contributed by atoms with E-state index in [1.54, 1.807) is 17.0 Å². The molecule has 1 aromatic carbocycles. The molecule has 3 aliphatic carbocycles. The Morgan fingerprint density at radius 3 is 2.57 bits per heavy atom. The van der Waals surface area contributed by atoms with E-state index in [-0.39, 0.29) is 55.3 Å². The fourth-order valence-corrected chi connectivity index (χ4v) is 7.96. The van der Waals surface area contributed by atoms with Crippen LogP contribution in [-0.4, -0.2) is 85.2 Å². The van der Waals surface area contributed by atoms with Gasteiger partial charge in [-0.15, -0.1) is 6.58 Å². The summed E-state index contributed by atoms with van der Waals surface area (Å²) >= 11 is 0. The highest BCUT2D eigenvalue weighted by atomic mass is 16.7. The third-order valence-corrected chi connectivity index (χ3v) is 10.1. The van der Waals surface area contributed by atoms with Gasteiger partial charge < -0.3 is 39.5 Å². The summed E-state index contributed by atoms with van der Waals surface area (Å²) in [5.74, 6) is -0.535. The quantitative estimate of drug-likeness (QED) is 0.130. The van der Waals surface area contributed by atoms with Crippen LogP contribution in [0.5, 0.6) is 11.5 Å². The number of carbonyl (C=O) groups is 2. The number of fused-ring (bicyclic) bond motifs is 2. The van der Waals surface area contributed by atoms with Gasteiger partial charge in [0.15, 0.2) is 0 Å². The van der Waals surface area contributed by atoms with E-state index in [1.807, 2.05) is 26.1 Å². The number of aliphatic hydroxyl groups excluding tert-OH is 2. The molecule has 4 aliphatic rings. The third kappa shape index (κ3) is 7.22. The number of aliphatic hydroxyl groups is 2. The van der Waals surface area contributed by atoms with E-state index in [2.05, 4.69) is 23.1 Å². The van der Waals surface area contributed by atoms with Crippen LogP contribution in [0.2, 0.25) is 0 Å². The van der Waals surface area contributed by atoms with Crippen molar-refractivity contribution >= 4 is 17.7 Å². The van der Waals surface area contributed by atoms with Gasteiger partial charge in [-0.1, -0.05) is 30.1 Å². The zero-order valence-electron chi connectivity index (χ0n) is 28.0. The van der Waals surface area contributed by atoms with Crippen molar-refractivity contribution in [2.45, 2.75) is 82.5 Å². The molecule has 0 aromatic heterocycles. The molecule has 1 heterocycles. The third-order valence-electron chi connectivity index (χ3n) is 10.1. The molecular weight excluding hydrogens is 602 g/mol. The monoisotopic (exact) mass is 653 g/mol. The molecule has 1 aliphatic heterocycles. The number of unbranched alkanes of at least 4 members (excludes halogenated alkanes) is 2. The molecule has 11 heteroatoms. The first-order chi connectivity index (χ1) is 22.8. The lowest BCUT2D eigenvalue weighted by Crippen LogP contribution is -2.69. The first-order valence-corrected chi connectivity index (χ1v) is 17.2. The van der Waals surface area contributed by atoms with Gasteiger partial charge in [0.2, 0.25) is 11.7 Å². The van der Waals surface area contributed by atoms with E-state index in [9.17, 15) is 19.8 Å². The van der Waals surface area contributed by atoms with Gasteiger partial charge in [-0.05, 0) is 81.1 Å². The van der Waals surface area contributed by atoms with Crippen LogP contribution in [0, 0.1) is 23.7 Å². The Morgan fingerprint density at radius 2 is 1.91 bits per heavy atom. The average molecular weight is 654 g/mol. The number of benzene rings is 1. The summed E-state index contributed by atoms with van der Waals surface area (Å²) in [7, 11) is 3.37. The zero-order valence-corrected chi connectivity index (χ0v) is 28.0. The van der Waals surface area contributed by atoms with Crippen molar-refractivity contribution in [2.75, 3.05) is 40.5 Å². The summed E-state index contributed by atoms with van der Waals surface area (Å²) in [5.41, 5.74) is 2.62. The van der Waals surface area contributed by atoms with Crippen LogP contribution in [0.1, 0.15) is 76.2 Å². The molecular formula is C36H51N3O8. The Morgan fingerprint density at radius 1 is 1.17 bits per heavy atom. The van der Waals surface area contributed by atoms with Crippen LogP contribution in [0.15, 0.2) is 47.7 Å². The van der Waals surface area contributed by atoms with Gasteiger partial charge in [0.1, 0.15) is 24.7 Å². The second-order valence-electron chi connectivity index (χ2n) is 13.1. The van der Waals surface area contributed by atoms with Crippen molar-refractivity contribution < 1.29 is 38.9 Å². The van der Waals surface area contributed by atoms with E-state index in [4.69, 9.17) is 19.0 Å². The van der Waals surface area contributed by atoms with Crippen LogP contribution in [0.3, 0.4) is 0 Å². The summed E-state index contributed by atoms with van der Waals surface area (Å²) in [6.07, 6.45) is 10.3. The average Bonchev–Trinajstić information content (AvgIpc) is 3.91. The number of hydrogen-bond donors (Lipinski definition) is 3. The molecule has 47 heavy (non-hydrogen) atoms. The predicted molar refractivity (Wildman–Crippen MR) is 177 cm³/mol. The minimum Gasteiger partial charge on any atom is -0.459 e. The van der Waals surface area contributed by atoms with Crippen molar-refractivity contribution in [3.63, 3.8) is 0 Å². The molecule has 3 N–H and O–H groups in total. The number of amides is 2. The molecule has 1 aromatic rings. The van der Waals surface area contributed by atoms with Gasteiger partial charge in [0.25, 0.3) is 0 Å². The van der Waals surface area contributed by atoms with E-state index in [0.29, 0.717) is 37.3 Å². The SMILES string of the molecule is C=CCOC12Oc3ccc(OC(=O)NCC)cc3C3C(CCCCO)C(CCCCO)C=C(C(=NOC)CC1N(C)C(=O)C1CC1)C32. The first kappa shape index (κ1) is 34.9. The molecule has 0 radical (unpaired) electrons. The van der Waals surface area contributed by atoms with Gasteiger partial charge in [-0.2, -0.15) is 0 Å². The van der Waals surface area contributed by atoms with Crippen LogP contribution >= 0.6 is 0 Å². The van der Waals surface area contributed by atoms with Gasteiger partial charge in [0, 0.05) is 50.6 Å². The van der Waals surface area contributed by atoms with E-state index in [1.165, 1.54) is 7.11 Å². The normalized spacial score (nSPS) is 28.3. The minimum atomic E-state index is -1.27. The maximum absolute atomic E-state index is 13.7. The Balaban J connectivity index is 1.73. The molecule has 6 unspecified atom stereocenters. The van der Waals surface area contributed by atoms with Crippen molar-refractivity contribution in [1.29, 1.82) is 0 Å². The smallest absolute Gasteiger partial charge is 0.412 e. The standard InChI is InChI=1S/C36H51N3O8/c1-5-19-45-36-31(39(3)34(42)23-13-14-23)22-29(38-44-4)27-20-24(11-7-9-17-40)26(12-8-10-18-41)32(33(27)36)28-21-25(15-16-30(28)47-36)46-35(43)37-6-2/h5,15-16,20-21,23-24,26,31-33,40-41H,1,6-14,17-19,22H2,2-4H3,(H,37,43). The number of ether oxygens (including phenoxy) is 3. The Labute approximate surface area is 278 Å². The van der Waals surface area contributed by atoms with E-state index >= 15 is 0 Å². The van der Waals surface area contributed by atoms with Crippen molar-refractivity contribution in [3.05, 3.63) is 48.1 Å². The maximum Gasteiger partial charge on any atom is 0.412 e. The van der Waals surface area contributed by atoms with Crippen LogP contribution < -0.4 is 14.8 Å². The molecule has 6 atom stereocenters. The maximum atomic E-state index is 13.7. The van der Waals surface area contributed by atoms with Crippen LogP contribution in [0.4, 0.5) is 4.79 Å². The van der Waals surface area contributed by atoms with Gasteiger partial charge in [-0.25, -0.2) is 4.79 Å². The summed E-state index contributed by atoms with van der Waals surface area (Å²) < 4.78 is 19.6. The minimum absolute atomic E-state index is 0.00894. The molecule has 258 valence electrons. The number of oxime groups is 1. The molecule has 0 bridgehead atoms. The first-order valence-electron chi connectivity index (χ1n) is 17.2. The van der Waals surface area contributed by atoms with Crippen molar-refractivity contribution in [3.8, 4) is 11.5 Å². The summed E-state index contributed by atoms with van der Waals surface area (Å²) in [4.78, 5) is 33.4. The Hall–Kier alpha value is -3.41. The molecule has 2 fully saturated rings. The molecule has 5 rings (SSSR count). The van der Waals surface area contributed by atoms with E-state index in [0.717, 1.165) is 55.4 Å². The second-order valence-corrected chi connectivity index (χ2v) is 13.1. The number of allylic oxidation sites excluding steroid dienone is 1. The second kappa shape index (κ2) is 15.7. The summed E-state index contributed by atoms with van der Waals surface area (Å²) in [5, 5.41) is 26.6. The van der Waals surface area contributed by atoms with Gasteiger partial charge in [0.05, 0.1) is 18.2 Å². The molecule has 0 saturated heterocycles. The number of nitrogens with one attached hydrogen (secondary N) is 1. The summed E-state index contributed by atoms with van der Waals surface area (Å²) in [6.45, 7) is 6.64. The van der Waals surface area contributed by atoms with Crippen LogP contribution in [0.25, 0.3) is 0 Å². The predicted octanol–water partition coefficient (Wildman–Crippen LogP) is 4.93. The highest BCUT2D eigenvalue weighted by Crippen LogP contribution is 2.62. The highest BCUT2D eigenvalue weighted by molar-refractivity contribution is 6.03.